The Balaban J connectivity index is 1.21. The van der Waals surface area contributed by atoms with Gasteiger partial charge in [0.05, 0.1) is 35.2 Å². The molecule has 37 heavy (non-hydrogen) atoms. The molecule has 0 radical (unpaired) electrons. The first-order valence-corrected chi connectivity index (χ1v) is 11.3. The number of carbonyl (C=O) groups is 4. The number of hydrogen-bond acceptors (Lipinski definition) is 7. The zero-order valence-corrected chi connectivity index (χ0v) is 19.4. The van der Waals surface area contributed by atoms with Crippen molar-refractivity contribution in [1.82, 2.24) is 4.90 Å². The zero-order valence-electron chi connectivity index (χ0n) is 19.4. The Bertz CT molecular complexity index is 1480. The van der Waals surface area contributed by atoms with Gasteiger partial charge in [0.1, 0.15) is 11.5 Å². The van der Waals surface area contributed by atoms with Crippen LogP contribution in [0.5, 0.6) is 11.5 Å². The Morgan fingerprint density at radius 1 is 0.838 bits per heavy atom. The van der Waals surface area contributed by atoms with Crippen LogP contribution in [0, 0.1) is 0 Å². The minimum atomic E-state index is -0.809. The Kier molecular flexibility index (Phi) is 6.50. The van der Waals surface area contributed by atoms with E-state index >= 15 is 0 Å². The normalized spacial score (nSPS) is 12.3. The molecule has 3 aromatic carbocycles. The van der Waals surface area contributed by atoms with Crippen LogP contribution in [0.2, 0.25) is 0 Å². The fourth-order valence-corrected chi connectivity index (χ4v) is 3.79. The number of furan rings is 1. The first kappa shape index (κ1) is 23.6. The minimum Gasteiger partial charge on any atom is -0.467 e. The second kappa shape index (κ2) is 10.2. The SMILES string of the molecule is O=C(COC(=O)c1ccc2c(c1)C(=O)N(Cc1ccco1)C2=O)Nc1ccccc1Oc1ccccc1. The second-order valence-corrected chi connectivity index (χ2v) is 8.07. The second-order valence-electron chi connectivity index (χ2n) is 8.07. The number of para-hydroxylation sites is 3. The van der Waals surface area contributed by atoms with Crippen molar-refractivity contribution in [2.45, 2.75) is 6.54 Å². The molecular weight excluding hydrogens is 476 g/mol. The molecule has 1 N–H and O–H groups in total. The molecule has 4 aromatic rings. The van der Waals surface area contributed by atoms with Crippen molar-refractivity contribution in [2.24, 2.45) is 0 Å². The summed E-state index contributed by atoms with van der Waals surface area (Å²) < 4.78 is 16.2. The van der Waals surface area contributed by atoms with E-state index in [-0.39, 0.29) is 23.2 Å². The molecule has 0 saturated heterocycles. The third kappa shape index (κ3) is 5.10. The number of fused-ring (bicyclic) bond motifs is 1. The molecular formula is C28H20N2O7. The van der Waals surface area contributed by atoms with Gasteiger partial charge in [-0.05, 0) is 54.6 Å². The lowest BCUT2D eigenvalue weighted by Gasteiger charge is -2.12. The summed E-state index contributed by atoms with van der Waals surface area (Å²) in [6.07, 6.45) is 1.45. The summed E-state index contributed by atoms with van der Waals surface area (Å²) in [7, 11) is 0. The average Bonchev–Trinajstić information content (AvgIpc) is 3.52. The Hall–Kier alpha value is -5.18. The van der Waals surface area contributed by atoms with Crippen LogP contribution in [0.25, 0.3) is 0 Å². The quantitative estimate of drug-likeness (QED) is 0.279. The van der Waals surface area contributed by atoms with Gasteiger partial charge in [0.25, 0.3) is 17.7 Å². The highest BCUT2D eigenvalue weighted by Gasteiger charge is 2.36. The monoisotopic (exact) mass is 496 g/mol. The van der Waals surface area contributed by atoms with Crippen LogP contribution in [0.1, 0.15) is 36.8 Å². The maximum atomic E-state index is 12.8. The lowest BCUT2D eigenvalue weighted by molar-refractivity contribution is -0.119. The molecule has 1 aromatic heterocycles. The van der Waals surface area contributed by atoms with Gasteiger partial charge in [0, 0.05) is 0 Å². The van der Waals surface area contributed by atoms with Crippen LogP contribution in [0.4, 0.5) is 5.69 Å². The van der Waals surface area contributed by atoms with Gasteiger partial charge in [-0.1, -0.05) is 30.3 Å². The van der Waals surface area contributed by atoms with Crippen molar-refractivity contribution in [3.8, 4) is 11.5 Å². The van der Waals surface area contributed by atoms with Crippen LogP contribution in [-0.4, -0.2) is 35.2 Å². The smallest absolute Gasteiger partial charge is 0.338 e. The number of esters is 1. The predicted molar refractivity (Wildman–Crippen MR) is 131 cm³/mol. The van der Waals surface area contributed by atoms with Crippen molar-refractivity contribution in [1.29, 1.82) is 0 Å². The van der Waals surface area contributed by atoms with Gasteiger partial charge in [0.15, 0.2) is 12.4 Å². The molecule has 1 aliphatic rings. The molecule has 9 heteroatoms. The van der Waals surface area contributed by atoms with E-state index in [2.05, 4.69) is 5.32 Å². The molecule has 0 unspecified atom stereocenters. The molecule has 0 spiro atoms. The maximum Gasteiger partial charge on any atom is 0.338 e. The minimum absolute atomic E-state index is 0.0191. The van der Waals surface area contributed by atoms with E-state index in [4.69, 9.17) is 13.9 Å². The highest BCUT2D eigenvalue weighted by molar-refractivity contribution is 6.21. The van der Waals surface area contributed by atoms with Crippen molar-refractivity contribution in [3.05, 3.63) is 114 Å². The summed E-state index contributed by atoms with van der Waals surface area (Å²) in [5, 5.41) is 2.66. The number of carbonyl (C=O) groups excluding carboxylic acids is 4. The Morgan fingerprint density at radius 3 is 2.38 bits per heavy atom. The number of amides is 3. The van der Waals surface area contributed by atoms with Gasteiger partial charge in [-0.25, -0.2) is 4.79 Å². The maximum absolute atomic E-state index is 12.8. The predicted octanol–water partition coefficient (Wildman–Crippen LogP) is 4.66. The molecule has 0 bridgehead atoms. The van der Waals surface area contributed by atoms with Gasteiger partial charge in [-0.3, -0.25) is 19.3 Å². The van der Waals surface area contributed by atoms with Gasteiger partial charge < -0.3 is 19.2 Å². The lowest BCUT2D eigenvalue weighted by atomic mass is 10.1. The van der Waals surface area contributed by atoms with Gasteiger partial charge in [-0.15, -0.1) is 0 Å². The molecule has 0 fully saturated rings. The highest BCUT2D eigenvalue weighted by Crippen LogP contribution is 2.29. The fourth-order valence-electron chi connectivity index (χ4n) is 3.79. The van der Waals surface area contributed by atoms with Crippen molar-refractivity contribution in [3.63, 3.8) is 0 Å². The van der Waals surface area contributed by atoms with Crippen LogP contribution in [0.3, 0.4) is 0 Å². The largest absolute Gasteiger partial charge is 0.467 e. The van der Waals surface area contributed by atoms with Crippen LogP contribution < -0.4 is 10.1 Å². The van der Waals surface area contributed by atoms with Crippen molar-refractivity contribution < 1.29 is 33.1 Å². The van der Waals surface area contributed by atoms with Crippen molar-refractivity contribution >= 4 is 29.4 Å². The number of rotatable bonds is 8. The van der Waals surface area contributed by atoms with Crippen LogP contribution >= 0.6 is 0 Å². The molecule has 0 aliphatic carbocycles. The summed E-state index contributed by atoms with van der Waals surface area (Å²) in [5.74, 6) is -0.926. The number of imide groups is 1. The molecule has 0 saturated carbocycles. The molecule has 2 heterocycles. The lowest BCUT2D eigenvalue weighted by Crippen LogP contribution is -2.28. The van der Waals surface area contributed by atoms with Gasteiger partial charge >= 0.3 is 5.97 Å². The third-order valence-corrected chi connectivity index (χ3v) is 5.57. The molecule has 9 nitrogen and oxygen atoms in total. The summed E-state index contributed by atoms with van der Waals surface area (Å²) >= 11 is 0. The highest BCUT2D eigenvalue weighted by atomic mass is 16.5. The van der Waals surface area contributed by atoms with E-state index in [1.54, 1.807) is 48.5 Å². The first-order chi connectivity index (χ1) is 18.0. The Labute approximate surface area is 211 Å². The Morgan fingerprint density at radius 2 is 1.59 bits per heavy atom. The number of hydrogen-bond donors (Lipinski definition) is 1. The first-order valence-electron chi connectivity index (χ1n) is 11.3. The fraction of sp³-hybridized carbons (Fsp3) is 0.0714. The van der Waals surface area contributed by atoms with E-state index in [0.29, 0.717) is 22.9 Å². The van der Waals surface area contributed by atoms with E-state index < -0.39 is 30.3 Å². The topological polar surface area (TPSA) is 115 Å². The number of anilines is 1. The number of nitrogens with zero attached hydrogens (tertiary/aromatic N) is 1. The zero-order chi connectivity index (χ0) is 25.8. The molecule has 184 valence electrons. The van der Waals surface area contributed by atoms with E-state index in [1.807, 2.05) is 18.2 Å². The average molecular weight is 496 g/mol. The van der Waals surface area contributed by atoms with Crippen LogP contribution in [-0.2, 0) is 16.1 Å². The van der Waals surface area contributed by atoms with E-state index in [0.717, 1.165) is 4.90 Å². The van der Waals surface area contributed by atoms with E-state index in [1.165, 1.54) is 24.5 Å². The standard InChI is InChI=1S/C28H20N2O7/c31-25(29-23-10-4-5-11-24(23)37-19-7-2-1-3-8-19)17-36-28(34)18-12-13-21-22(15-18)27(33)30(26(21)32)16-20-9-6-14-35-20/h1-15H,16-17H2,(H,29,31). The third-order valence-electron chi connectivity index (χ3n) is 5.57. The van der Waals surface area contributed by atoms with Gasteiger partial charge in [0.2, 0.25) is 0 Å². The number of ether oxygens (including phenoxy) is 2. The number of benzene rings is 3. The molecule has 3 amide bonds. The summed E-state index contributed by atoms with van der Waals surface area (Å²) in [4.78, 5) is 51.5. The van der Waals surface area contributed by atoms with Crippen LogP contribution in [0.15, 0.2) is 95.6 Å². The number of nitrogens with one attached hydrogen (secondary N) is 1. The summed E-state index contributed by atoms with van der Waals surface area (Å²) in [6.45, 7) is -0.582. The van der Waals surface area contributed by atoms with E-state index in [9.17, 15) is 19.2 Å². The van der Waals surface area contributed by atoms with Crippen molar-refractivity contribution in [2.75, 3.05) is 11.9 Å². The molecule has 0 atom stereocenters. The summed E-state index contributed by atoms with van der Waals surface area (Å²) in [5.41, 5.74) is 0.717. The van der Waals surface area contributed by atoms with Gasteiger partial charge in [-0.2, -0.15) is 0 Å². The summed E-state index contributed by atoms with van der Waals surface area (Å²) in [6, 6.07) is 23.3. The molecule has 5 rings (SSSR count). The molecule has 1 aliphatic heterocycles.